The Labute approximate surface area is 173 Å². The van der Waals surface area contributed by atoms with Crippen LogP contribution in [0.4, 0.5) is 18.9 Å². The van der Waals surface area contributed by atoms with E-state index in [0.29, 0.717) is 13.1 Å². The maximum Gasteiger partial charge on any atom is 0.573 e. The highest BCUT2D eigenvalue weighted by molar-refractivity contribution is 7.89. The summed E-state index contributed by atoms with van der Waals surface area (Å²) in [6.07, 6.45) is 0.622. The number of alkyl halides is 3. The monoisotopic (exact) mass is 441 g/mol. The molecule has 0 unspecified atom stereocenters. The van der Waals surface area contributed by atoms with Crippen molar-refractivity contribution in [2.75, 3.05) is 31.1 Å². The molecule has 0 radical (unpaired) electrons. The van der Waals surface area contributed by atoms with E-state index in [1.807, 2.05) is 0 Å². The molecule has 2 aromatic rings. The number of piperidine rings is 1. The van der Waals surface area contributed by atoms with Crippen LogP contribution in [0.2, 0.25) is 0 Å². The maximum absolute atomic E-state index is 12.8. The summed E-state index contributed by atoms with van der Waals surface area (Å²) >= 11 is 0. The minimum absolute atomic E-state index is 0.0160. The van der Waals surface area contributed by atoms with Gasteiger partial charge in [-0.2, -0.15) is 4.31 Å². The zero-order chi connectivity index (χ0) is 21.4. The summed E-state index contributed by atoms with van der Waals surface area (Å²) in [5, 5.41) is 0. The van der Waals surface area contributed by atoms with Gasteiger partial charge >= 0.3 is 6.36 Å². The maximum atomic E-state index is 12.8. The third-order valence-corrected chi connectivity index (χ3v) is 7.81. The molecule has 6 nitrogen and oxygen atoms in total. The lowest BCUT2D eigenvalue weighted by Crippen LogP contribution is -2.44. The molecule has 30 heavy (non-hydrogen) atoms. The molecule has 0 saturated carbocycles. The van der Waals surface area contributed by atoms with E-state index in [1.165, 1.54) is 22.6 Å². The van der Waals surface area contributed by atoms with Crippen LogP contribution in [0, 0.1) is 5.41 Å². The van der Waals surface area contributed by atoms with Crippen LogP contribution in [0.5, 0.6) is 5.75 Å². The highest BCUT2D eigenvalue weighted by Crippen LogP contribution is 2.43. The second kappa shape index (κ2) is 7.73. The van der Waals surface area contributed by atoms with Crippen molar-refractivity contribution in [3.8, 4) is 5.75 Å². The van der Waals surface area contributed by atoms with Crippen molar-refractivity contribution >= 4 is 15.7 Å². The fourth-order valence-corrected chi connectivity index (χ4v) is 5.68. The fourth-order valence-electron chi connectivity index (χ4n) is 4.27. The third-order valence-electron chi connectivity index (χ3n) is 5.93. The van der Waals surface area contributed by atoms with Crippen molar-refractivity contribution in [2.45, 2.75) is 30.5 Å². The summed E-state index contributed by atoms with van der Waals surface area (Å²) in [6.45, 7) is 2.44. The molecule has 2 saturated heterocycles. The Hall–Kier alpha value is -2.33. The number of aromatic nitrogens is 1. The molecule has 2 fully saturated rings. The van der Waals surface area contributed by atoms with Crippen LogP contribution in [0.15, 0.2) is 53.7 Å². The number of halogens is 3. The molecule has 0 N–H and O–H groups in total. The number of nitrogens with zero attached hydrogens (tertiary/aromatic N) is 3. The minimum atomic E-state index is -4.71. The SMILES string of the molecule is O=S(=O)(c1cccnc1)N1CCC2(CCN(c3ccc(OC(F)(F)F)cc3)C2)CC1. The van der Waals surface area contributed by atoms with Crippen molar-refractivity contribution in [1.82, 2.24) is 9.29 Å². The summed E-state index contributed by atoms with van der Waals surface area (Å²) in [6, 6.07) is 9.05. The number of hydrogen-bond acceptors (Lipinski definition) is 5. The van der Waals surface area contributed by atoms with Gasteiger partial charge in [0, 0.05) is 44.3 Å². The number of hydrogen-bond donors (Lipinski definition) is 0. The number of ether oxygens (including phenoxy) is 1. The van der Waals surface area contributed by atoms with Crippen molar-refractivity contribution in [3.05, 3.63) is 48.8 Å². The second-order valence-electron chi connectivity index (χ2n) is 7.81. The van der Waals surface area contributed by atoms with Gasteiger partial charge in [-0.1, -0.05) is 0 Å². The normalized spacial score (nSPS) is 19.9. The lowest BCUT2D eigenvalue weighted by molar-refractivity contribution is -0.274. The van der Waals surface area contributed by atoms with Crippen molar-refractivity contribution < 1.29 is 26.3 Å². The van der Waals surface area contributed by atoms with E-state index >= 15 is 0 Å². The lowest BCUT2D eigenvalue weighted by atomic mass is 9.78. The molecule has 2 aliphatic heterocycles. The average Bonchev–Trinajstić information content (AvgIpc) is 3.12. The van der Waals surface area contributed by atoms with E-state index in [9.17, 15) is 21.6 Å². The summed E-state index contributed by atoms with van der Waals surface area (Å²) < 4.78 is 68.0. The van der Waals surface area contributed by atoms with Crippen LogP contribution >= 0.6 is 0 Å². The van der Waals surface area contributed by atoms with E-state index in [0.717, 1.165) is 38.0 Å². The Bertz CT molecular complexity index is 974. The minimum Gasteiger partial charge on any atom is -0.406 e. The average molecular weight is 441 g/mol. The number of benzene rings is 1. The lowest BCUT2D eigenvalue weighted by Gasteiger charge is -2.38. The van der Waals surface area contributed by atoms with Crippen LogP contribution in [0.3, 0.4) is 0 Å². The Morgan fingerprint density at radius 3 is 2.27 bits per heavy atom. The van der Waals surface area contributed by atoms with Crippen LogP contribution in [-0.4, -0.2) is 50.2 Å². The topological polar surface area (TPSA) is 62.7 Å². The van der Waals surface area contributed by atoms with Gasteiger partial charge in [-0.3, -0.25) is 4.98 Å². The highest BCUT2D eigenvalue weighted by Gasteiger charge is 2.43. The number of pyridine rings is 1. The fraction of sp³-hybridized carbons (Fsp3) is 0.450. The van der Waals surface area contributed by atoms with Crippen molar-refractivity contribution in [1.29, 1.82) is 0 Å². The molecule has 1 aromatic carbocycles. The molecule has 1 aromatic heterocycles. The molecule has 0 amide bonds. The van der Waals surface area contributed by atoms with Gasteiger partial charge in [-0.15, -0.1) is 13.2 Å². The zero-order valence-electron chi connectivity index (χ0n) is 16.2. The standard InChI is InChI=1S/C20H22F3N3O3S/c21-20(22,23)29-17-5-3-16(4-6-17)25-11-7-19(15-25)8-12-26(13-9-19)30(27,28)18-2-1-10-24-14-18/h1-6,10,14H,7-9,11-13,15H2. The van der Waals surface area contributed by atoms with Crippen LogP contribution < -0.4 is 9.64 Å². The van der Waals surface area contributed by atoms with E-state index in [1.54, 1.807) is 30.5 Å². The Kier molecular flexibility index (Phi) is 5.39. The number of anilines is 1. The molecule has 2 aliphatic rings. The predicted octanol–water partition coefficient (Wildman–Crippen LogP) is 3.66. The van der Waals surface area contributed by atoms with Gasteiger partial charge in [0.05, 0.1) is 0 Å². The van der Waals surface area contributed by atoms with E-state index in [4.69, 9.17) is 0 Å². The summed E-state index contributed by atoms with van der Waals surface area (Å²) in [5.41, 5.74) is 0.856. The molecule has 4 rings (SSSR count). The molecule has 0 aliphatic carbocycles. The Morgan fingerprint density at radius 2 is 1.67 bits per heavy atom. The smallest absolute Gasteiger partial charge is 0.406 e. The van der Waals surface area contributed by atoms with Crippen molar-refractivity contribution in [2.24, 2.45) is 5.41 Å². The molecule has 162 valence electrons. The summed E-state index contributed by atoms with van der Waals surface area (Å²) in [4.78, 5) is 6.25. The molecule has 1 spiro atoms. The van der Waals surface area contributed by atoms with E-state index < -0.39 is 16.4 Å². The highest BCUT2D eigenvalue weighted by atomic mass is 32.2. The Morgan fingerprint density at radius 1 is 1.00 bits per heavy atom. The van der Waals surface area contributed by atoms with Crippen LogP contribution in [-0.2, 0) is 10.0 Å². The van der Waals surface area contributed by atoms with Gasteiger partial charge in [0.2, 0.25) is 10.0 Å². The molecular formula is C20H22F3N3O3S. The zero-order valence-corrected chi connectivity index (χ0v) is 17.0. The second-order valence-corrected chi connectivity index (χ2v) is 9.74. The quantitative estimate of drug-likeness (QED) is 0.725. The van der Waals surface area contributed by atoms with E-state index in [2.05, 4.69) is 14.6 Å². The summed E-state index contributed by atoms with van der Waals surface area (Å²) in [5.74, 6) is -0.242. The summed E-state index contributed by atoms with van der Waals surface area (Å²) in [7, 11) is -3.54. The van der Waals surface area contributed by atoms with Gasteiger partial charge in [-0.25, -0.2) is 8.42 Å². The van der Waals surface area contributed by atoms with Gasteiger partial charge < -0.3 is 9.64 Å². The molecule has 3 heterocycles. The molecule has 0 bridgehead atoms. The first-order valence-electron chi connectivity index (χ1n) is 9.68. The largest absolute Gasteiger partial charge is 0.573 e. The predicted molar refractivity (Wildman–Crippen MR) is 105 cm³/mol. The third kappa shape index (κ3) is 4.39. The first kappa shape index (κ1) is 20.9. The van der Waals surface area contributed by atoms with Gasteiger partial charge in [-0.05, 0) is 61.1 Å². The number of rotatable bonds is 4. The molecular weight excluding hydrogens is 419 g/mol. The van der Waals surface area contributed by atoms with Crippen LogP contribution in [0.1, 0.15) is 19.3 Å². The van der Waals surface area contributed by atoms with Gasteiger partial charge in [0.25, 0.3) is 0 Å². The Balaban J connectivity index is 1.38. The van der Waals surface area contributed by atoms with Gasteiger partial charge in [0.1, 0.15) is 10.6 Å². The first-order valence-corrected chi connectivity index (χ1v) is 11.1. The first-order chi connectivity index (χ1) is 14.2. The molecule has 10 heteroatoms. The van der Waals surface area contributed by atoms with E-state index in [-0.39, 0.29) is 16.1 Å². The van der Waals surface area contributed by atoms with Crippen LogP contribution in [0.25, 0.3) is 0 Å². The number of sulfonamides is 1. The molecule has 0 atom stereocenters. The van der Waals surface area contributed by atoms with Crippen molar-refractivity contribution in [3.63, 3.8) is 0 Å². The van der Waals surface area contributed by atoms with Gasteiger partial charge in [0.15, 0.2) is 0 Å².